The van der Waals surface area contributed by atoms with Crippen LogP contribution in [0.5, 0.6) is 0 Å². The lowest BCUT2D eigenvalue weighted by Crippen LogP contribution is -2.30. The highest BCUT2D eigenvalue weighted by Crippen LogP contribution is 2.27. The zero-order valence-electron chi connectivity index (χ0n) is 16.4. The molecule has 0 aliphatic heterocycles. The molecule has 2 aromatic carbocycles. The molecule has 1 heterocycles. The van der Waals surface area contributed by atoms with Crippen LogP contribution < -0.4 is 5.32 Å². The molecule has 6 nitrogen and oxygen atoms in total. The molecule has 0 aliphatic carbocycles. The summed E-state index contributed by atoms with van der Waals surface area (Å²) in [5, 5.41) is 3.61. The van der Waals surface area contributed by atoms with Crippen LogP contribution in [0.2, 0.25) is 0 Å². The first-order chi connectivity index (χ1) is 13.4. The number of nitrogens with one attached hydrogen (secondary N) is 1. The number of benzene rings is 2. The van der Waals surface area contributed by atoms with Crippen molar-refractivity contribution >= 4 is 28.5 Å². The number of methoxy groups -OCH3 is 1. The number of hydrogen-bond donors (Lipinski definition) is 1. The number of amides is 1. The number of para-hydroxylation sites is 2. The summed E-state index contributed by atoms with van der Waals surface area (Å²) in [5.74, 6) is -1.06. The van der Waals surface area contributed by atoms with Gasteiger partial charge in [0.25, 0.3) is 5.91 Å². The largest absolute Gasteiger partial charge is 0.449 e. The molecule has 0 fully saturated rings. The third kappa shape index (κ3) is 3.92. The monoisotopic (exact) mass is 381 g/mol. The van der Waals surface area contributed by atoms with Gasteiger partial charge in [0.2, 0.25) is 5.76 Å². The van der Waals surface area contributed by atoms with Crippen LogP contribution in [0.25, 0.3) is 11.0 Å². The van der Waals surface area contributed by atoms with E-state index in [1.54, 1.807) is 6.07 Å². The average Bonchev–Trinajstić information content (AvgIpc) is 3.04. The van der Waals surface area contributed by atoms with Gasteiger partial charge in [-0.25, -0.2) is 4.79 Å². The van der Waals surface area contributed by atoms with Crippen LogP contribution in [0.3, 0.4) is 0 Å². The average molecular weight is 381 g/mol. The summed E-state index contributed by atoms with van der Waals surface area (Å²) in [6.45, 7) is 5.54. The Labute approximate surface area is 163 Å². The molecule has 28 heavy (non-hydrogen) atoms. The van der Waals surface area contributed by atoms with Gasteiger partial charge in [-0.05, 0) is 38.0 Å². The first kappa shape index (κ1) is 19.6. The number of anilines is 1. The predicted octanol–water partition coefficient (Wildman–Crippen LogP) is 4.38. The fourth-order valence-corrected chi connectivity index (χ4v) is 3.06. The number of esters is 1. The lowest BCUT2D eigenvalue weighted by atomic mass is 10.1. The maximum absolute atomic E-state index is 12.7. The number of ether oxygens (including phenoxy) is 2. The molecule has 0 radical (unpaired) electrons. The minimum Gasteiger partial charge on any atom is -0.449 e. The normalized spacial score (nSPS) is 12.0. The van der Waals surface area contributed by atoms with Gasteiger partial charge in [-0.1, -0.05) is 36.4 Å². The molecule has 6 heteroatoms. The van der Waals surface area contributed by atoms with E-state index in [2.05, 4.69) is 5.32 Å². The van der Waals surface area contributed by atoms with Gasteiger partial charge in [-0.15, -0.1) is 0 Å². The second kappa shape index (κ2) is 8.27. The van der Waals surface area contributed by atoms with E-state index in [0.29, 0.717) is 11.1 Å². The van der Waals surface area contributed by atoms with Gasteiger partial charge >= 0.3 is 5.97 Å². The highest BCUT2D eigenvalue weighted by Gasteiger charge is 2.26. The summed E-state index contributed by atoms with van der Waals surface area (Å²) >= 11 is 0. The third-order valence-electron chi connectivity index (χ3n) is 4.55. The molecule has 146 valence electrons. The Balaban J connectivity index is 1.78. The zero-order chi connectivity index (χ0) is 20.3. The summed E-state index contributed by atoms with van der Waals surface area (Å²) in [6.07, 6.45) is -0.991. The summed E-state index contributed by atoms with van der Waals surface area (Å²) in [5.41, 5.74) is 3.76. The van der Waals surface area contributed by atoms with Crippen molar-refractivity contribution in [2.24, 2.45) is 0 Å². The molecule has 0 bridgehead atoms. The van der Waals surface area contributed by atoms with E-state index in [0.717, 1.165) is 22.2 Å². The van der Waals surface area contributed by atoms with Crippen LogP contribution in [0.1, 0.15) is 34.2 Å². The van der Waals surface area contributed by atoms with Crippen molar-refractivity contribution < 1.29 is 23.5 Å². The van der Waals surface area contributed by atoms with E-state index >= 15 is 0 Å². The Morgan fingerprint density at radius 3 is 2.43 bits per heavy atom. The van der Waals surface area contributed by atoms with Gasteiger partial charge in [0.1, 0.15) is 5.58 Å². The van der Waals surface area contributed by atoms with Gasteiger partial charge in [0, 0.05) is 23.7 Å². The fraction of sp³-hybridized carbons (Fsp3) is 0.273. The molecular formula is C22H23NO5. The van der Waals surface area contributed by atoms with Gasteiger partial charge in [-0.3, -0.25) is 4.79 Å². The van der Waals surface area contributed by atoms with Crippen LogP contribution in [0, 0.1) is 13.8 Å². The molecule has 1 amide bonds. The maximum Gasteiger partial charge on any atom is 0.375 e. The Morgan fingerprint density at radius 1 is 1.07 bits per heavy atom. The minimum absolute atomic E-state index is 0.0507. The molecule has 0 saturated carbocycles. The number of rotatable bonds is 6. The Morgan fingerprint density at radius 2 is 1.75 bits per heavy atom. The van der Waals surface area contributed by atoms with E-state index in [9.17, 15) is 9.59 Å². The number of carbonyl (C=O) groups excluding carboxylic acids is 2. The van der Waals surface area contributed by atoms with Crippen molar-refractivity contribution in [3.05, 3.63) is 64.9 Å². The van der Waals surface area contributed by atoms with Crippen LogP contribution in [-0.2, 0) is 20.9 Å². The molecule has 1 atom stereocenters. The van der Waals surface area contributed by atoms with Gasteiger partial charge in [-0.2, -0.15) is 0 Å². The quantitative estimate of drug-likeness (QED) is 0.641. The van der Waals surface area contributed by atoms with E-state index in [-0.39, 0.29) is 12.4 Å². The van der Waals surface area contributed by atoms with Crippen molar-refractivity contribution in [1.82, 2.24) is 0 Å². The minimum atomic E-state index is -0.991. The topological polar surface area (TPSA) is 77.8 Å². The van der Waals surface area contributed by atoms with Gasteiger partial charge in [0.05, 0.1) is 6.61 Å². The number of hydrogen-bond acceptors (Lipinski definition) is 5. The summed E-state index contributed by atoms with van der Waals surface area (Å²) in [4.78, 5) is 25.2. The van der Waals surface area contributed by atoms with E-state index in [1.165, 1.54) is 14.0 Å². The summed E-state index contributed by atoms with van der Waals surface area (Å²) in [7, 11) is 1.54. The molecule has 3 rings (SSSR count). The highest BCUT2D eigenvalue weighted by atomic mass is 16.6. The second-order valence-electron chi connectivity index (χ2n) is 6.64. The van der Waals surface area contributed by atoms with Crippen molar-refractivity contribution in [2.75, 3.05) is 12.4 Å². The van der Waals surface area contributed by atoms with E-state index in [4.69, 9.17) is 13.9 Å². The third-order valence-corrected chi connectivity index (χ3v) is 4.55. The van der Waals surface area contributed by atoms with Crippen molar-refractivity contribution in [1.29, 1.82) is 0 Å². The van der Waals surface area contributed by atoms with Crippen LogP contribution in [0.15, 0.2) is 46.9 Å². The molecular weight excluding hydrogens is 358 g/mol. The van der Waals surface area contributed by atoms with Gasteiger partial charge < -0.3 is 19.2 Å². The van der Waals surface area contributed by atoms with Crippen molar-refractivity contribution in [2.45, 2.75) is 33.5 Å². The maximum atomic E-state index is 12.7. The van der Waals surface area contributed by atoms with Crippen molar-refractivity contribution in [3.63, 3.8) is 0 Å². The predicted molar refractivity (Wildman–Crippen MR) is 106 cm³/mol. The fourth-order valence-electron chi connectivity index (χ4n) is 3.06. The van der Waals surface area contributed by atoms with Gasteiger partial charge in [0.15, 0.2) is 6.10 Å². The number of fused-ring (bicyclic) bond motifs is 1. The summed E-state index contributed by atoms with van der Waals surface area (Å²) < 4.78 is 16.2. The van der Waals surface area contributed by atoms with Crippen LogP contribution in [0.4, 0.5) is 5.69 Å². The SMILES string of the molecule is COCc1c(C(=O)O[C@H](C)C(=O)Nc2c(C)cccc2C)oc2ccccc12. The highest BCUT2D eigenvalue weighted by molar-refractivity contribution is 6.00. The smallest absolute Gasteiger partial charge is 0.375 e. The molecule has 0 unspecified atom stereocenters. The Bertz CT molecular complexity index is 1000. The van der Waals surface area contributed by atoms with Crippen molar-refractivity contribution in [3.8, 4) is 0 Å². The first-order valence-corrected chi connectivity index (χ1v) is 8.99. The lowest BCUT2D eigenvalue weighted by Gasteiger charge is -2.16. The van der Waals surface area contributed by atoms with E-state index in [1.807, 2.05) is 50.2 Å². The molecule has 1 N–H and O–H groups in total. The number of furan rings is 1. The lowest BCUT2D eigenvalue weighted by molar-refractivity contribution is -0.123. The molecule has 1 aromatic heterocycles. The standard InChI is InChI=1S/C22H23NO5/c1-13-8-7-9-14(2)19(13)23-21(24)15(3)27-22(25)20-17(12-26-4)16-10-5-6-11-18(16)28-20/h5-11,15H,12H2,1-4H3,(H,23,24)/t15-/m1/s1. The Kier molecular flexibility index (Phi) is 5.80. The zero-order valence-corrected chi connectivity index (χ0v) is 16.4. The van der Waals surface area contributed by atoms with E-state index < -0.39 is 18.0 Å². The molecule has 0 aliphatic rings. The number of carbonyl (C=O) groups is 2. The van der Waals surface area contributed by atoms with Crippen LogP contribution in [-0.4, -0.2) is 25.1 Å². The summed E-state index contributed by atoms with van der Waals surface area (Å²) in [6, 6.07) is 13.0. The molecule has 0 spiro atoms. The molecule has 3 aromatic rings. The Hall–Kier alpha value is -3.12. The second-order valence-corrected chi connectivity index (χ2v) is 6.64. The molecule has 0 saturated heterocycles. The first-order valence-electron chi connectivity index (χ1n) is 8.99. The van der Waals surface area contributed by atoms with Crippen LogP contribution >= 0.6 is 0 Å². The number of aryl methyl sites for hydroxylation is 2.